The van der Waals surface area contributed by atoms with Crippen LogP contribution in [-0.2, 0) is 19.1 Å². The third-order valence-corrected chi connectivity index (χ3v) is 2.63. The molecule has 0 aromatic rings. The number of thiol groups is 2. The highest BCUT2D eigenvalue weighted by Gasteiger charge is 2.31. The second-order valence-electron chi connectivity index (χ2n) is 3.20. The van der Waals surface area contributed by atoms with Gasteiger partial charge in [-0.2, -0.15) is 25.3 Å². The van der Waals surface area contributed by atoms with Gasteiger partial charge in [-0.25, -0.2) is 4.79 Å². The quantitative estimate of drug-likeness (QED) is 0.419. The van der Waals surface area contributed by atoms with Gasteiger partial charge in [-0.3, -0.25) is 4.79 Å². The van der Waals surface area contributed by atoms with E-state index < -0.39 is 10.0 Å². The molecule has 0 amide bonds. The summed E-state index contributed by atoms with van der Waals surface area (Å²) < 4.78 is 8.43. The zero-order chi connectivity index (χ0) is 12.6. The van der Waals surface area contributed by atoms with Crippen molar-refractivity contribution >= 4 is 37.2 Å². The van der Waals surface area contributed by atoms with Crippen LogP contribution in [0.4, 0.5) is 0 Å². The summed E-state index contributed by atoms with van der Waals surface area (Å²) in [5, 5.41) is 0. The molecule has 0 aromatic carbocycles. The van der Waals surface area contributed by atoms with Crippen LogP contribution in [0.1, 0.15) is 33.1 Å². The van der Waals surface area contributed by atoms with E-state index in [0.29, 0.717) is 26.1 Å². The minimum absolute atomic E-state index is 0.260. The molecule has 94 valence electrons. The van der Waals surface area contributed by atoms with Crippen LogP contribution in [0, 0.1) is 0 Å². The van der Waals surface area contributed by atoms with Gasteiger partial charge in [0.1, 0.15) is 0 Å². The van der Waals surface area contributed by atoms with Crippen LogP contribution in [0.5, 0.6) is 0 Å². The first-order valence-electron chi connectivity index (χ1n) is 5.21. The third kappa shape index (κ3) is 6.27. The summed E-state index contributed by atoms with van der Waals surface area (Å²) in [4.78, 5) is 22.4. The van der Waals surface area contributed by atoms with E-state index in [1.165, 1.54) is 0 Å². The van der Waals surface area contributed by atoms with E-state index in [9.17, 15) is 9.59 Å². The number of hydrogen-bond acceptors (Lipinski definition) is 6. The highest BCUT2D eigenvalue weighted by molar-refractivity contribution is 8.01. The predicted molar refractivity (Wildman–Crippen MR) is 67.8 cm³/mol. The Balaban J connectivity index is 3.90. The molecular formula is C10H18O4S2. The molecule has 0 N–H and O–H groups in total. The molecule has 0 atom stereocenters. The topological polar surface area (TPSA) is 52.6 Å². The summed E-state index contributed by atoms with van der Waals surface area (Å²) in [6, 6.07) is 0. The number of rotatable bonds is 7. The van der Waals surface area contributed by atoms with Crippen LogP contribution in [0.3, 0.4) is 0 Å². The summed E-state index contributed by atoms with van der Waals surface area (Å²) in [5.74, 6) is -0.755. The van der Waals surface area contributed by atoms with Gasteiger partial charge in [0.2, 0.25) is 0 Å². The SMILES string of the molecule is CCOC(=O)CCCC(S)(S)C(=O)OCC. The highest BCUT2D eigenvalue weighted by atomic mass is 32.2. The Morgan fingerprint density at radius 2 is 1.69 bits per heavy atom. The number of carbonyl (C=O) groups is 2. The lowest BCUT2D eigenvalue weighted by molar-refractivity contribution is -0.145. The molecule has 0 saturated carbocycles. The Morgan fingerprint density at radius 1 is 1.12 bits per heavy atom. The van der Waals surface area contributed by atoms with Crippen molar-refractivity contribution in [3.05, 3.63) is 0 Å². The van der Waals surface area contributed by atoms with Crippen LogP contribution in [0.2, 0.25) is 0 Å². The van der Waals surface area contributed by atoms with Gasteiger partial charge in [0.25, 0.3) is 0 Å². The van der Waals surface area contributed by atoms with Gasteiger partial charge >= 0.3 is 11.9 Å². The van der Waals surface area contributed by atoms with Gasteiger partial charge in [-0.15, -0.1) is 0 Å². The van der Waals surface area contributed by atoms with Crippen LogP contribution < -0.4 is 0 Å². The molecule has 0 fully saturated rings. The van der Waals surface area contributed by atoms with E-state index in [1.54, 1.807) is 13.8 Å². The van der Waals surface area contributed by atoms with E-state index in [0.717, 1.165) is 0 Å². The van der Waals surface area contributed by atoms with Crippen molar-refractivity contribution in [1.82, 2.24) is 0 Å². The summed E-state index contributed by atoms with van der Waals surface area (Å²) in [5.41, 5.74) is 0. The monoisotopic (exact) mass is 266 g/mol. The molecule has 0 spiro atoms. The number of carbonyl (C=O) groups excluding carboxylic acids is 2. The standard InChI is InChI=1S/C10H18O4S2/c1-3-13-8(11)6-5-7-10(15,16)9(12)14-4-2/h15-16H,3-7H2,1-2H3. The molecule has 0 bridgehead atoms. The summed E-state index contributed by atoms with van der Waals surface area (Å²) in [7, 11) is 0. The molecule has 0 aliphatic carbocycles. The minimum Gasteiger partial charge on any atom is -0.466 e. The Kier molecular flexibility index (Phi) is 7.66. The van der Waals surface area contributed by atoms with Gasteiger partial charge in [-0.05, 0) is 26.7 Å². The first-order valence-corrected chi connectivity index (χ1v) is 6.11. The normalized spacial score (nSPS) is 11.0. The third-order valence-electron chi connectivity index (χ3n) is 1.81. The molecule has 0 rings (SSSR count). The molecule has 0 aliphatic rings. The zero-order valence-corrected chi connectivity index (χ0v) is 11.4. The molecule has 16 heavy (non-hydrogen) atoms. The highest BCUT2D eigenvalue weighted by Crippen LogP contribution is 2.28. The van der Waals surface area contributed by atoms with Crippen LogP contribution in [-0.4, -0.2) is 29.2 Å². The number of ether oxygens (including phenoxy) is 2. The van der Waals surface area contributed by atoms with Crippen molar-refractivity contribution in [2.24, 2.45) is 0 Å². The second kappa shape index (κ2) is 7.84. The first-order chi connectivity index (χ1) is 7.44. The average molecular weight is 266 g/mol. The fraction of sp³-hybridized carbons (Fsp3) is 0.800. The van der Waals surface area contributed by atoms with E-state index in [1.807, 2.05) is 0 Å². The van der Waals surface area contributed by atoms with E-state index >= 15 is 0 Å². The lowest BCUT2D eigenvalue weighted by Crippen LogP contribution is -2.28. The van der Waals surface area contributed by atoms with E-state index in [2.05, 4.69) is 25.3 Å². The maximum Gasteiger partial charge on any atom is 0.331 e. The first kappa shape index (κ1) is 15.6. The van der Waals surface area contributed by atoms with Gasteiger partial charge in [0.05, 0.1) is 13.2 Å². The van der Waals surface area contributed by atoms with Crippen molar-refractivity contribution < 1.29 is 19.1 Å². The zero-order valence-electron chi connectivity index (χ0n) is 9.56. The number of hydrogen-bond donors (Lipinski definition) is 2. The van der Waals surface area contributed by atoms with Crippen LogP contribution in [0.25, 0.3) is 0 Å². The Morgan fingerprint density at radius 3 is 2.19 bits per heavy atom. The molecule has 0 heterocycles. The van der Waals surface area contributed by atoms with Crippen molar-refractivity contribution in [2.75, 3.05) is 13.2 Å². The Labute approximate surface area is 107 Å². The largest absolute Gasteiger partial charge is 0.466 e. The van der Waals surface area contributed by atoms with Crippen molar-refractivity contribution in [1.29, 1.82) is 0 Å². The maximum atomic E-state index is 11.4. The van der Waals surface area contributed by atoms with Gasteiger partial charge in [0.15, 0.2) is 4.08 Å². The smallest absolute Gasteiger partial charge is 0.331 e. The van der Waals surface area contributed by atoms with Crippen LogP contribution >= 0.6 is 25.3 Å². The lowest BCUT2D eigenvalue weighted by atomic mass is 10.2. The van der Waals surface area contributed by atoms with Gasteiger partial charge in [-0.1, -0.05) is 0 Å². The molecule has 4 nitrogen and oxygen atoms in total. The fourth-order valence-electron chi connectivity index (χ4n) is 1.06. The van der Waals surface area contributed by atoms with Gasteiger partial charge < -0.3 is 9.47 Å². The van der Waals surface area contributed by atoms with E-state index in [-0.39, 0.29) is 12.4 Å². The second-order valence-corrected chi connectivity index (χ2v) is 5.08. The van der Waals surface area contributed by atoms with Crippen molar-refractivity contribution in [3.63, 3.8) is 0 Å². The average Bonchev–Trinajstić information content (AvgIpc) is 2.18. The molecule has 0 aliphatic heterocycles. The molecule has 0 radical (unpaired) electrons. The number of esters is 2. The van der Waals surface area contributed by atoms with E-state index in [4.69, 9.17) is 9.47 Å². The molecule has 0 aromatic heterocycles. The molecular weight excluding hydrogens is 248 g/mol. The Hall–Kier alpha value is -0.360. The van der Waals surface area contributed by atoms with Crippen molar-refractivity contribution in [3.8, 4) is 0 Å². The molecule has 6 heteroatoms. The lowest BCUT2D eigenvalue weighted by Gasteiger charge is -2.19. The summed E-state index contributed by atoms with van der Waals surface area (Å²) >= 11 is 8.22. The molecule has 0 unspecified atom stereocenters. The predicted octanol–water partition coefficient (Wildman–Crippen LogP) is 1.84. The summed E-state index contributed by atoms with van der Waals surface area (Å²) in [6.45, 7) is 4.12. The molecule has 0 saturated heterocycles. The van der Waals surface area contributed by atoms with Crippen LogP contribution in [0.15, 0.2) is 0 Å². The maximum absolute atomic E-state index is 11.4. The minimum atomic E-state index is -1.14. The fourth-order valence-corrected chi connectivity index (χ4v) is 1.51. The Bertz CT molecular complexity index is 241. The summed E-state index contributed by atoms with van der Waals surface area (Å²) in [6.07, 6.45) is 1.11. The van der Waals surface area contributed by atoms with Crippen molar-refractivity contribution in [2.45, 2.75) is 37.2 Å². The van der Waals surface area contributed by atoms with Gasteiger partial charge in [0, 0.05) is 6.42 Å².